The molecule has 0 spiro atoms. The van der Waals surface area contributed by atoms with Crippen LogP contribution < -0.4 is 10.9 Å². The summed E-state index contributed by atoms with van der Waals surface area (Å²) in [6, 6.07) is 2.67. The van der Waals surface area contributed by atoms with E-state index in [0.717, 1.165) is 5.69 Å². The minimum atomic E-state index is -0.526. The lowest BCUT2D eigenvalue weighted by Crippen LogP contribution is -2.35. The van der Waals surface area contributed by atoms with Crippen molar-refractivity contribution in [3.63, 3.8) is 0 Å². The highest BCUT2D eigenvalue weighted by Crippen LogP contribution is 2.13. The monoisotopic (exact) mass is 310 g/mol. The largest absolute Gasteiger partial charge is 0.382 e. The van der Waals surface area contributed by atoms with Crippen LogP contribution in [-0.2, 0) is 11.8 Å². The van der Waals surface area contributed by atoms with Gasteiger partial charge in [-0.05, 0) is 12.1 Å². The third-order valence-electron chi connectivity index (χ3n) is 2.97. The zero-order valence-electron chi connectivity index (χ0n) is 11.6. The number of hydrogen-bond donors (Lipinski definition) is 2. The summed E-state index contributed by atoms with van der Waals surface area (Å²) in [5.41, 5.74) is 0.215. The molecule has 7 nitrogen and oxygen atoms in total. The van der Waals surface area contributed by atoms with Gasteiger partial charge < -0.3 is 15.0 Å². The lowest BCUT2D eigenvalue weighted by Gasteiger charge is -2.18. The van der Waals surface area contributed by atoms with Crippen molar-refractivity contribution in [1.29, 1.82) is 0 Å². The first-order valence-corrected chi connectivity index (χ1v) is 6.56. The predicted octanol–water partition coefficient (Wildman–Crippen LogP) is 0.879. The van der Waals surface area contributed by atoms with Crippen LogP contribution in [0.25, 0.3) is 0 Å². The van der Waals surface area contributed by atoms with Crippen LogP contribution in [0.2, 0.25) is 5.02 Å². The van der Waals surface area contributed by atoms with Crippen LogP contribution in [0.4, 0.5) is 0 Å². The number of aryl methyl sites for hydroxylation is 1. The molecule has 0 unspecified atom stereocenters. The van der Waals surface area contributed by atoms with Gasteiger partial charge >= 0.3 is 0 Å². The smallest absolute Gasteiger partial charge is 0.260 e. The van der Waals surface area contributed by atoms with Crippen molar-refractivity contribution in [2.75, 3.05) is 13.7 Å². The molecule has 0 saturated heterocycles. The second kappa shape index (κ2) is 6.55. The van der Waals surface area contributed by atoms with E-state index in [1.54, 1.807) is 24.0 Å². The summed E-state index contributed by atoms with van der Waals surface area (Å²) in [7, 11) is 3.29. The molecule has 2 aromatic heterocycles. The lowest BCUT2D eigenvalue weighted by atomic mass is 10.2. The Morgan fingerprint density at radius 1 is 1.62 bits per heavy atom. The molecule has 0 aromatic carbocycles. The number of aromatic nitrogens is 3. The van der Waals surface area contributed by atoms with Gasteiger partial charge in [0.15, 0.2) is 0 Å². The van der Waals surface area contributed by atoms with Crippen LogP contribution in [0, 0.1) is 0 Å². The molecular weight excluding hydrogens is 296 g/mol. The van der Waals surface area contributed by atoms with Crippen molar-refractivity contribution in [3.8, 4) is 0 Å². The molecule has 112 valence electrons. The first kappa shape index (κ1) is 15.3. The maximum absolute atomic E-state index is 12.2. The van der Waals surface area contributed by atoms with Gasteiger partial charge in [-0.15, -0.1) is 0 Å². The molecule has 0 aliphatic carbocycles. The van der Waals surface area contributed by atoms with Crippen LogP contribution in [0.5, 0.6) is 0 Å². The summed E-state index contributed by atoms with van der Waals surface area (Å²) < 4.78 is 6.74. The first-order valence-electron chi connectivity index (χ1n) is 6.19. The molecule has 0 fully saturated rings. The highest BCUT2D eigenvalue weighted by atomic mass is 35.5. The minimum Gasteiger partial charge on any atom is -0.382 e. The second-order valence-corrected chi connectivity index (χ2v) is 4.86. The number of H-pyrrole nitrogens is 1. The number of pyridine rings is 1. The molecule has 0 aliphatic heterocycles. The summed E-state index contributed by atoms with van der Waals surface area (Å²) in [5.74, 6) is -0.526. The molecule has 2 N–H and O–H groups in total. The number of methoxy groups -OCH3 is 1. The third-order valence-corrected chi connectivity index (χ3v) is 3.19. The van der Waals surface area contributed by atoms with Crippen molar-refractivity contribution in [1.82, 2.24) is 20.1 Å². The summed E-state index contributed by atoms with van der Waals surface area (Å²) in [5, 5.41) is 7.08. The van der Waals surface area contributed by atoms with E-state index in [1.165, 1.54) is 19.4 Å². The maximum atomic E-state index is 12.2. The molecular formula is C13H15ClN4O3. The fourth-order valence-electron chi connectivity index (χ4n) is 1.96. The van der Waals surface area contributed by atoms with Gasteiger partial charge in [-0.1, -0.05) is 11.6 Å². The number of aromatic amines is 1. The molecule has 0 aliphatic rings. The summed E-state index contributed by atoms with van der Waals surface area (Å²) in [6.07, 6.45) is 2.95. The second-order valence-electron chi connectivity index (χ2n) is 4.42. The molecule has 1 atom stereocenters. The molecule has 1 amide bonds. The Bertz CT molecular complexity index is 695. The highest BCUT2D eigenvalue weighted by molar-refractivity contribution is 6.30. The Morgan fingerprint density at radius 2 is 2.38 bits per heavy atom. The van der Waals surface area contributed by atoms with E-state index in [1.807, 2.05) is 0 Å². The van der Waals surface area contributed by atoms with Crippen LogP contribution in [-0.4, -0.2) is 34.4 Å². The number of nitrogens with zero attached hydrogens (tertiary/aromatic N) is 2. The third kappa shape index (κ3) is 3.50. The van der Waals surface area contributed by atoms with Gasteiger partial charge in [-0.2, -0.15) is 5.10 Å². The lowest BCUT2D eigenvalue weighted by molar-refractivity contribution is 0.0891. The van der Waals surface area contributed by atoms with E-state index >= 15 is 0 Å². The van der Waals surface area contributed by atoms with Gasteiger partial charge in [-0.25, -0.2) is 0 Å². The fourth-order valence-corrected chi connectivity index (χ4v) is 2.12. The number of nitrogens with one attached hydrogen (secondary N) is 2. The number of carbonyl (C=O) groups excluding carboxylic acids is 1. The number of halogens is 1. The summed E-state index contributed by atoms with van der Waals surface area (Å²) in [4.78, 5) is 26.3. The Morgan fingerprint density at radius 3 is 3.00 bits per heavy atom. The number of hydrogen-bond acceptors (Lipinski definition) is 4. The van der Waals surface area contributed by atoms with Crippen LogP contribution in [0.3, 0.4) is 0 Å². The number of carbonyl (C=O) groups is 1. The van der Waals surface area contributed by atoms with Crippen LogP contribution >= 0.6 is 11.6 Å². The SMILES string of the molecule is COC[C@H](NC(=O)c1cc(Cl)c[nH]c1=O)c1ccnn1C. The van der Waals surface area contributed by atoms with Crippen LogP contribution in [0.1, 0.15) is 22.1 Å². The zero-order valence-corrected chi connectivity index (χ0v) is 12.3. The van der Waals surface area contributed by atoms with Crippen molar-refractivity contribution < 1.29 is 9.53 Å². The highest BCUT2D eigenvalue weighted by Gasteiger charge is 2.20. The standard InChI is InChI=1S/C13H15ClN4O3/c1-18-11(3-4-16-18)10(7-21-2)17-13(20)9-5-8(14)6-15-12(9)19/h3-6,10H,7H2,1-2H3,(H,15,19)(H,17,20)/t10-/m0/s1. The number of amides is 1. The van der Waals surface area contributed by atoms with E-state index < -0.39 is 17.5 Å². The molecule has 8 heteroatoms. The Balaban J connectivity index is 2.25. The average molecular weight is 311 g/mol. The fraction of sp³-hybridized carbons (Fsp3) is 0.308. The van der Waals surface area contributed by atoms with Gasteiger partial charge in [-0.3, -0.25) is 14.3 Å². The van der Waals surface area contributed by atoms with Crippen molar-refractivity contribution >= 4 is 17.5 Å². The van der Waals surface area contributed by atoms with Crippen LogP contribution in [0.15, 0.2) is 29.3 Å². The average Bonchev–Trinajstić information content (AvgIpc) is 2.87. The molecule has 0 bridgehead atoms. The van der Waals surface area contributed by atoms with Gasteiger partial charge in [0, 0.05) is 26.6 Å². The Labute approximate surface area is 125 Å². The minimum absolute atomic E-state index is 0.0502. The predicted molar refractivity (Wildman–Crippen MR) is 77.4 cm³/mol. The normalized spacial score (nSPS) is 12.1. The molecule has 2 aromatic rings. The van der Waals surface area contributed by atoms with Crippen molar-refractivity contribution in [2.45, 2.75) is 6.04 Å². The Kier molecular flexibility index (Phi) is 4.77. The van der Waals surface area contributed by atoms with E-state index in [-0.39, 0.29) is 17.2 Å². The van der Waals surface area contributed by atoms with Crippen molar-refractivity contribution in [2.24, 2.45) is 7.05 Å². The molecule has 0 saturated carbocycles. The summed E-state index contributed by atoms with van der Waals surface area (Å²) in [6.45, 7) is 0.254. The quantitative estimate of drug-likeness (QED) is 0.858. The topological polar surface area (TPSA) is 89.0 Å². The van der Waals surface area contributed by atoms with E-state index in [4.69, 9.17) is 16.3 Å². The van der Waals surface area contributed by atoms with Gasteiger partial charge in [0.2, 0.25) is 0 Å². The van der Waals surface area contributed by atoms with E-state index in [2.05, 4.69) is 15.4 Å². The van der Waals surface area contributed by atoms with Crippen molar-refractivity contribution in [3.05, 3.63) is 51.2 Å². The summed E-state index contributed by atoms with van der Waals surface area (Å²) >= 11 is 5.79. The molecule has 2 heterocycles. The van der Waals surface area contributed by atoms with Gasteiger partial charge in [0.25, 0.3) is 11.5 Å². The van der Waals surface area contributed by atoms with Gasteiger partial charge in [0.1, 0.15) is 5.56 Å². The van der Waals surface area contributed by atoms with Gasteiger partial charge in [0.05, 0.1) is 23.4 Å². The number of rotatable bonds is 5. The first-order chi connectivity index (χ1) is 10.0. The number of ether oxygens (including phenoxy) is 1. The molecule has 0 radical (unpaired) electrons. The molecule has 2 rings (SSSR count). The van der Waals surface area contributed by atoms with E-state index in [9.17, 15) is 9.59 Å². The van der Waals surface area contributed by atoms with E-state index in [0.29, 0.717) is 0 Å². The zero-order chi connectivity index (χ0) is 15.4. The Hall–Kier alpha value is -2.12. The molecule has 21 heavy (non-hydrogen) atoms. The maximum Gasteiger partial charge on any atom is 0.260 e.